The minimum Gasteiger partial charge on any atom is -0.369 e. The van der Waals surface area contributed by atoms with Gasteiger partial charge in [-0.1, -0.05) is 30.9 Å². The SMILES string of the molecule is Cc1[c-]nc2cc([C@@H]3CCCCN3C(=O)c3cc(Cl)ccc3NS(C)(=O)=O)nn2c1.[W]. The molecule has 0 radical (unpaired) electrons. The van der Waals surface area contributed by atoms with Crippen molar-refractivity contribution < 1.29 is 34.3 Å². The number of piperidine rings is 1. The number of benzene rings is 1. The number of rotatable bonds is 4. The van der Waals surface area contributed by atoms with Crippen LogP contribution in [0.25, 0.3) is 5.65 Å². The Morgan fingerprint density at radius 3 is 2.81 bits per heavy atom. The van der Waals surface area contributed by atoms with Crippen molar-refractivity contribution in [3.8, 4) is 0 Å². The Labute approximate surface area is 200 Å². The van der Waals surface area contributed by atoms with Gasteiger partial charge in [-0.05, 0) is 43.5 Å². The number of fused-ring (bicyclic) bond motifs is 1. The van der Waals surface area contributed by atoms with Crippen molar-refractivity contribution in [2.75, 3.05) is 17.5 Å². The van der Waals surface area contributed by atoms with Crippen LogP contribution in [-0.2, 0) is 31.1 Å². The van der Waals surface area contributed by atoms with Gasteiger partial charge in [-0.25, -0.2) is 8.42 Å². The Hall–Kier alpha value is -1.96. The Morgan fingerprint density at radius 2 is 2.06 bits per heavy atom. The number of amides is 1. The Balaban J connectivity index is 0.00000272. The molecule has 0 spiro atoms. The van der Waals surface area contributed by atoms with Gasteiger partial charge >= 0.3 is 0 Å². The molecule has 164 valence electrons. The van der Waals surface area contributed by atoms with Gasteiger partial charge in [-0.3, -0.25) is 9.52 Å². The number of halogens is 1. The van der Waals surface area contributed by atoms with Crippen LogP contribution in [0.15, 0.2) is 30.5 Å². The molecule has 1 saturated heterocycles. The fourth-order valence-electron chi connectivity index (χ4n) is 3.72. The monoisotopic (exact) mass is 630 g/mol. The van der Waals surface area contributed by atoms with E-state index in [1.165, 1.54) is 12.1 Å². The number of carbonyl (C=O) groups excluding carboxylic acids is 1. The smallest absolute Gasteiger partial charge is 0.256 e. The molecular weight excluding hydrogens is 610 g/mol. The van der Waals surface area contributed by atoms with Crippen LogP contribution in [-0.4, -0.2) is 46.6 Å². The minimum atomic E-state index is -3.56. The summed E-state index contributed by atoms with van der Waals surface area (Å²) in [6.07, 6.45) is 8.38. The normalized spacial score (nSPS) is 16.7. The molecule has 0 bridgehead atoms. The fourth-order valence-corrected chi connectivity index (χ4v) is 4.47. The van der Waals surface area contributed by atoms with Crippen molar-refractivity contribution in [1.29, 1.82) is 0 Å². The quantitative estimate of drug-likeness (QED) is 0.447. The standard InChI is InChI=1S/C20H21ClN5O3S.W/c1-13-11-22-19-10-17(23-26(19)12-13)18-5-3-4-8-25(18)20(27)15-9-14(21)6-7-16(15)24-30(2,28)29;/h6-7,9-10,12,18,24H,3-5,8H2,1-2H3;/q-1;/t18-;/m0./s1. The second-order valence-corrected chi connectivity index (χ2v) is 9.67. The molecule has 8 nitrogen and oxygen atoms in total. The first-order valence-corrected chi connectivity index (χ1v) is 11.8. The van der Waals surface area contributed by atoms with E-state index in [4.69, 9.17) is 11.6 Å². The molecular formula is C20H21ClN5O3SW-. The molecule has 4 rings (SSSR count). The number of aromatic nitrogens is 3. The van der Waals surface area contributed by atoms with Crippen molar-refractivity contribution in [1.82, 2.24) is 19.5 Å². The molecule has 1 fully saturated rings. The molecule has 1 aromatic carbocycles. The summed E-state index contributed by atoms with van der Waals surface area (Å²) < 4.78 is 27.6. The van der Waals surface area contributed by atoms with Gasteiger partial charge in [0.25, 0.3) is 5.91 Å². The molecule has 1 aliphatic heterocycles. The second kappa shape index (κ2) is 9.26. The zero-order chi connectivity index (χ0) is 21.5. The molecule has 1 amide bonds. The summed E-state index contributed by atoms with van der Waals surface area (Å²) in [5, 5.41) is 4.98. The Morgan fingerprint density at radius 1 is 1.29 bits per heavy atom. The van der Waals surface area contributed by atoms with Crippen LogP contribution in [0.2, 0.25) is 5.02 Å². The van der Waals surface area contributed by atoms with Crippen molar-refractivity contribution in [3.63, 3.8) is 0 Å². The summed E-state index contributed by atoms with van der Waals surface area (Å²) in [6.45, 7) is 2.43. The summed E-state index contributed by atoms with van der Waals surface area (Å²) in [5.41, 5.74) is 2.69. The van der Waals surface area contributed by atoms with E-state index < -0.39 is 10.0 Å². The predicted molar refractivity (Wildman–Crippen MR) is 114 cm³/mol. The van der Waals surface area contributed by atoms with E-state index in [2.05, 4.69) is 21.0 Å². The summed E-state index contributed by atoms with van der Waals surface area (Å²) in [5.74, 6) is -0.291. The maximum atomic E-state index is 13.5. The largest absolute Gasteiger partial charge is 0.369 e. The molecule has 2 aromatic heterocycles. The maximum absolute atomic E-state index is 13.5. The molecule has 1 atom stereocenters. The van der Waals surface area contributed by atoms with Crippen LogP contribution in [0.5, 0.6) is 0 Å². The molecule has 3 heterocycles. The minimum absolute atomic E-state index is 0. The van der Waals surface area contributed by atoms with Crippen LogP contribution in [0.4, 0.5) is 5.69 Å². The van der Waals surface area contributed by atoms with Gasteiger partial charge < -0.3 is 14.4 Å². The van der Waals surface area contributed by atoms with Gasteiger partial charge in [0.1, 0.15) is 0 Å². The van der Waals surface area contributed by atoms with E-state index in [1.54, 1.807) is 15.5 Å². The number of likely N-dealkylation sites (tertiary alicyclic amines) is 1. The molecule has 11 heteroatoms. The first-order chi connectivity index (χ1) is 14.2. The number of nitrogens with zero attached hydrogens (tertiary/aromatic N) is 4. The zero-order valence-corrected chi connectivity index (χ0v) is 21.5. The molecule has 31 heavy (non-hydrogen) atoms. The van der Waals surface area contributed by atoms with Gasteiger partial charge in [0, 0.05) is 38.3 Å². The van der Waals surface area contributed by atoms with Crippen LogP contribution in [0.3, 0.4) is 0 Å². The van der Waals surface area contributed by atoms with E-state index in [1.807, 2.05) is 19.2 Å². The van der Waals surface area contributed by atoms with Crippen molar-refractivity contribution in [2.45, 2.75) is 32.2 Å². The van der Waals surface area contributed by atoms with Crippen LogP contribution in [0, 0.1) is 13.1 Å². The topological polar surface area (TPSA) is 96.7 Å². The number of sulfonamides is 1. The predicted octanol–water partition coefficient (Wildman–Crippen LogP) is 3.23. The molecule has 0 saturated carbocycles. The second-order valence-electron chi connectivity index (χ2n) is 7.48. The number of hydrogen-bond acceptors (Lipinski definition) is 5. The maximum Gasteiger partial charge on any atom is 0.256 e. The third-order valence-electron chi connectivity index (χ3n) is 5.01. The van der Waals surface area contributed by atoms with E-state index >= 15 is 0 Å². The van der Waals surface area contributed by atoms with E-state index in [9.17, 15) is 13.2 Å². The molecule has 0 aliphatic carbocycles. The van der Waals surface area contributed by atoms with Crippen molar-refractivity contribution in [2.24, 2.45) is 0 Å². The third kappa shape index (κ3) is 5.27. The Bertz CT molecular complexity index is 1230. The average molecular weight is 631 g/mol. The molecule has 1 N–H and O–H groups in total. The van der Waals surface area contributed by atoms with Gasteiger partial charge in [0.2, 0.25) is 10.0 Å². The Kier molecular flexibility index (Phi) is 7.08. The van der Waals surface area contributed by atoms with Gasteiger partial charge in [0.15, 0.2) is 0 Å². The first kappa shape index (κ1) is 23.7. The van der Waals surface area contributed by atoms with Gasteiger partial charge in [0.05, 0.1) is 29.2 Å². The summed E-state index contributed by atoms with van der Waals surface area (Å²) in [6, 6.07) is 6.17. The molecule has 1 aliphatic rings. The third-order valence-corrected chi connectivity index (χ3v) is 5.84. The van der Waals surface area contributed by atoms with E-state index in [0.29, 0.717) is 17.2 Å². The molecule has 3 aromatic rings. The van der Waals surface area contributed by atoms with Crippen molar-refractivity contribution in [3.05, 3.63) is 58.5 Å². The summed E-state index contributed by atoms with van der Waals surface area (Å²) in [4.78, 5) is 19.5. The van der Waals surface area contributed by atoms with Gasteiger partial charge in [-0.2, -0.15) is 5.10 Å². The van der Waals surface area contributed by atoms with Crippen LogP contribution < -0.4 is 4.72 Å². The van der Waals surface area contributed by atoms with Crippen LogP contribution in [0.1, 0.15) is 46.9 Å². The van der Waals surface area contributed by atoms with E-state index in [0.717, 1.165) is 36.8 Å². The first-order valence-electron chi connectivity index (χ1n) is 9.54. The number of anilines is 1. The fraction of sp³-hybridized carbons (Fsp3) is 0.350. The van der Waals surface area contributed by atoms with E-state index in [-0.39, 0.29) is 44.3 Å². The summed E-state index contributed by atoms with van der Waals surface area (Å²) in [7, 11) is -3.56. The van der Waals surface area contributed by atoms with Gasteiger partial charge in [-0.15, -0.1) is 5.56 Å². The average Bonchev–Trinajstić information content (AvgIpc) is 3.11. The number of aryl methyl sites for hydroxylation is 1. The number of nitrogens with one attached hydrogen (secondary N) is 1. The van der Waals surface area contributed by atoms with Crippen molar-refractivity contribution >= 4 is 38.9 Å². The zero-order valence-electron chi connectivity index (χ0n) is 17.0. The van der Waals surface area contributed by atoms with Crippen LogP contribution >= 0.6 is 11.6 Å². The molecule has 0 unspecified atom stereocenters. The number of carbonyl (C=O) groups is 1. The number of hydrogen-bond donors (Lipinski definition) is 1. The summed E-state index contributed by atoms with van der Waals surface area (Å²) >= 11 is 6.12.